The van der Waals surface area contributed by atoms with E-state index in [4.69, 9.17) is 5.10 Å². The molecule has 136 valence electrons. The molecule has 0 aliphatic heterocycles. The zero-order chi connectivity index (χ0) is 19.1. The van der Waals surface area contributed by atoms with Crippen LogP contribution >= 0.6 is 0 Å². The highest BCUT2D eigenvalue weighted by Crippen LogP contribution is 2.28. The van der Waals surface area contributed by atoms with Crippen molar-refractivity contribution in [2.45, 2.75) is 20.8 Å². The predicted molar refractivity (Wildman–Crippen MR) is 102 cm³/mol. The Kier molecular flexibility index (Phi) is 4.11. The summed E-state index contributed by atoms with van der Waals surface area (Å²) in [5.74, 6) is -1.16. The normalized spacial score (nSPS) is 11.1. The van der Waals surface area contributed by atoms with Gasteiger partial charge in [-0.3, -0.25) is 0 Å². The van der Waals surface area contributed by atoms with Crippen LogP contribution in [0.2, 0.25) is 0 Å². The van der Waals surface area contributed by atoms with Gasteiger partial charge in [-0.05, 0) is 32.9 Å². The number of aromatic nitrogens is 3. The Morgan fingerprint density at radius 1 is 0.889 bits per heavy atom. The van der Waals surface area contributed by atoms with E-state index in [9.17, 15) is 8.78 Å². The minimum Gasteiger partial charge on any atom is -0.340 e. The maximum atomic E-state index is 13.5. The summed E-state index contributed by atoms with van der Waals surface area (Å²) in [6.45, 7) is 5.90. The summed E-state index contributed by atoms with van der Waals surface area (Å²) in [7, 11) is 0. The molecule has 2 aromatic heterocycles. The molecule has 4 nitrogen and oxygen atoms in total. The minimum absolute atomic E-state index is 0.436. The van der Waals surface area contributed by atoms with E-state index in [1.54, 1.807) is 4.52 Å². The second-order valence-electron chi connectivity index (χ2n) is 6.61. The first-order chi connectivity index (χ1) is 12.9. The molecule has 27 heavy (non-hydrogen) atoms. The Labute approximate surface area is 155 Å². The Morgan fingerprint density at radius 3 is 2.33 bits per heavy atom. The lowest BCUT2D eigenvalue weighted by molar-refractivity contribution is 0.509. The highest BCUT2D eigenvalue weighted by Gasteiger charge is 2.15. The van der Waals surface area contributed by atoms with Gasteiger partial charge in [-0.2, -0.15) is 9.61 Å². The van der Waals surface area contributed by atoms with E-state index in [1.807, 2.05) is 51.1 Å². The van der Waals surface area contributed by atoms with Crippen molar-refractivity contribution in [1.82, 2.24) is 14.6 Å². The topological polar surface area (TPSA) is 42.2 Å². The number of halogens is 2. The van der Waals surface area contributed by atoms with Crippen molar-refractivity contribution in [1.29, 1.82) is 0 Å². The van der Waals surface area contributed by atoms with Gasteiger partial charge < -0.3 is 5.32 Å². The molecule has 4 aromatic rings. The average molecular weight is 364 g/mol. The van der Waals surface area contributed by atoms with Crippen LogP contribution in [0.15, 0.2) is 48.5 Å². The molecule has 2 aromatic carbocycles. The number of nitrogens with zero attached hydrogens (tertiary/aromatic N) is 3. The van der Waals surface area contributed by atoms with Crippen LogP contribution in [0.5, 0.6) is 0 Å². The van der Waals surface area contributed by atoms with Crippen LogP contribution < -0.4 is 5.32 Å². The molecular weight excluding hydrogens is 346 g/mol. The molecule has 0 radical (unpaired) electrons. The van der Waals surface area contributed by atoms with Crippen LogP contribution in [0, 0.1) is 32.4 Å². The van der Waals surface area contributed by atoms with E-state index >= 15 is 0 Å². The smallest absolute Gasteiger partial charge is 0.161 e. The molecule has 0 aliphatic carbocycles. The fourth-order valence-corrected chi connectivity index (χ4v) is 3.04. The number of anilines is 2. The lowest BCUT2D eigenvalue weighted by Crippen LogP contribution is -2.03. The van der Waals surface area contributed by atoms with Gasteiger partial charge in [0, 0.05) is 34.6 Å². The molecule has 4 rings (SSSR count). The maximum absolute atomic E-state index is 13.5. The third-order valence-electron chi connectivity index (χ3n) is 4.46. The molecule has 0 spiro atoms. The van der Waals surface area contributed by atoms with Crippen molar-refractivity contribution in [3.63, 3.8) is 0 Å². The summed E-state index contributed by atoms with van der Waals surface area (Å²) in [4.78, 5) is 4.60. The average Bonchev–Trinajstić information content (AvgIpc) is 2.96. The quantitative estimate of drug-likeness (QED) is 0.533. The van der Waals surface area contributed by atoms with E-state index < -0.39 is 11.6 Å². The summed E-state index contributed by atoms with van der Waals surface area (Å²) < 4.78 is 28.4. The van der Waals surface area contributed by atoms with Crippen LogP contribution in [0.4, 0.5) is 20.3 Å². The third kappa shape index (κ3) is 3.14. The van der Waals surface area contributed by atoms with Crippen LogP contribution in [-0.4, -0.2) is 14.6 Å². The largest absolute Gasteiger partial charge is 0.340 e. The van der Waals surface area contributed by atoms with E-state index in [0.29, 0.717) is 11.5 Å². The first kappa shape index (κ1) is 17.1. The van der Waals surface area contributed by atoms with Crippen LogP contribution in [0.1, 0.15) is 16.8 Å². The van der Waals surface area contributed by atoms with Crippen molar-refractivity contribution in [3.05, 3.63) is 77.0 Å². The predicted octanol–water partition coefficient (Wildman–Crippen LogP) is 5.34. The Morgan fingerprint density at radius 2 is 1.63 bits per heavy atom. The SMILES string of the molecule is Cc1ccc(-c2nn3c(Nc4ccc(F)c(F)c4)cc(C)nc3c2C)cc1. The van der Waals surface area contributed by atoms with Crippen LogP contribution in [0.3, 0.4) is 0 Å². The molecule has 0 unspecified atom stereocenters. The van der Waals surface area contributed by atoms with Crippen molar-refractivity contribution in [2.24, 2.45) is 0 Å². The van der Waals surface area contributed by atoms with Gasteiger partial charge in [0.05, 0.1) is 5.69 Å². The first-order valence-corrected chi connectivity index (χ1v) is 8.58. The van der Waals surface area contributed by atoms with E-state index in [2.05, 4.69) is 10.3 Å². The summed E-state index contributed by atoms with van der Waals surface area (Å²) in [5, 5.41) is 7.82. The highest BCUT2D eigenvalue weighted by molar-refractivity contribution is 5.72. The summed E-state index contributed by atoms with van der Waals surface area (Å²) in [6, 6.07) is 13.6. The van der Waals surface area contributed by atoms with Crippen LogP contribution in [0.25, 0.3) is 16.9 Å². The zero-order valence-corrected chi connectivity index (χ0v) is 15.2. The van der Waals surface area contributed by atoms with Crippen molar-refractivity contribution in [3.8, 4) is 11.3 Å². The van der Waals surface area contributed by atoms with Gasteiger partial charge in [0.25, 0.3) is 0 Å². The number of hydrogen-bond donors (Lipinski definition) is 1. The number of nitrogens with one attached hydrogen (secondary N) is 1. The van der Waals surface area contributed by atoms with Crippen molar-refractivity contribution < 1.29 is 8.78 Å². The number of aryl methyl sites for hydroxylation is 3. The molecule has 0 saturated heterocycles. The molecule has 0 atom stereocenters. The molecule has 0 saturated carbocycles. The molecular formula is C21H18F2N4. The molecule has 1 N–H and O–H groups in total. The highest BCUT2D eigenvalue weighted by atomic mass is 19.2. The standard InChI is InChI=1S/C21H18F2N4/c1-12-4-6-15(7-5-12)20-14(3)21-24-13(2)10-19(27(21)26-20)25-16-8-9-17(22)18(23)11-16/h4-11,25H,1-3H3. The fourth-order valence-electron chi connectivity index (χ4n) is 3.04. The van der Waals surface area contributed by atoms with Gasteiger partial charge >= 0.3 is 0 Å². The van der Waals surface area contributed by atoms with Crippen molar-refractivity contribution in [2.75, 3.05) is 5.32 Å². The van der Waals surface area contributed by atoms with E-state index in [-0.39, 0.29) is 0 Å². The zero-order valence-electron chi connectivity index (χ0n) is 15.2. The summed E-state index contributed by atoms with van der Waals surface area (Å²) >= 11 is 0. The summed E-state index contributed by atoms with van der Waals surface area (Å²) in [6.07, 6.45) is 0. The number of hydrogen-bond acceptors (Lipinski definition) is 3. The van der Waals surface area contributed by atoms with Gasteiger partial charge in [0.1, 0.15) is 5.82 Å². The van der Waals surface area contributed by atoms with E-state index in [0.717, 1.165) is 40.3 Å². The minimum atomic E-state index is -0.904. The van der Waals surface area contributed by atoms with Crippen molar-refractivity contribution >= 4 is 17.2 Å². The van der Waals surface area contributed by atoms with Crippen LogP contribution in [-0.2, 0) is 0 Å². The summed E-state index contributed by atoms with van der Waals surface area (Å²) in [5.41, 5.74) is 5.92. The molecule has 2 heterocycles. The van der Waals surface area contributed by atoms with Gasteiger partial charge in [0.15, 0.2) is 17.3 Å². The fraction of sp³-hybridized carbons (Fsp3) is 0.143. The Hall–Kier alpha value is -3.28. The lowest BCUT2D eigenvalue weighted by Gasteiger charge is -2.09. The number of fused-ring (bicyclic) bond motifs is 1. The third-order valence-corrected chi connectivity index (χ3v) is 4.46. The molecule has 6 heteroatoms. The number of rotatable bonds is 3. The molecule has 0 amide bonds. The molecule has 0 bridgehead atoms. The van der Waals surface area contributed by atoms with Gasteiger partial charge in [-0.1, -0.05) is 29.8 Å². The molecule has 0 aliphatic rings. The maximum Gasteiger partial charge on any atom is 0.161 e. The molecule has 0 fully saturated rings. The Balaban J connectivity index is 1.84. The van der Waals surface area contributed by atoms with E-state index in [1.165, 1.54) is 11.6 Å². The van der Waals surface area contributed by atoms with Gasteiger partial charge in [-0.25, -0.2) is 13.8 Å². The van der Waals surface area contributed by atoms with Gasteiger partial charge in [-0.15, -0.1) is 0 Å². The second kappa shape index (κ2) is 6.46. The van der Waals surface area contributed by atoms with Gasteiger partial charge in [0.2, 0.25) is 0 Å². The lowest BCUT2D eigenvalue weighted by atomic mass is 10.1. The Bertz CT molecular complexity index is 1150. The first-order valence-electron chi connectivity index (χ1n) is 8.58. The number of benzene rings is 2. The monoisotopic (exact) mass is 364 g/mol. The second-order valence-corrected chi connectivity index (χ2v) is 6.61.